The molecule has 2 saturated heterocycles. The van der Waals surface area contributed by atoms with Crippen LogP contribution < -0.4 is 5.32 Å². The molecule has 3 heterocycles. The third kappa shape index (κ3) is 7.71. The van der Waals surface area contributed by atoms with Crippen LogP contribution >= 0.6 is 11.6 Å². The predicted octanol–water partition coefficient (Wildman–Crippen LogP) is 6.28. The van der Waals surface area contributed by atoms with Crippen LogP contribution in [0.4, 0.5) is 10.1 Å². The number of hydrogen-bond donors (Lipinski definition) is 2. The van der Waals surface area contributed by atoms with Crippen molar-refractivity contribution in [2.75, 3.05) is 32.2 Å². The van der Waals surface area contributed by atoms with E-state index >= 15 is 4.39 Å². The lowest BCUT2D eigenvalue weighted by atomic mass is 9.87. The zero-order chi connectivity index (χ0) is 35.5. The van der Waals surface area contributed by atoms with Crippen molar-refractivity contribution in [2.45, 2.75) is 95.0 Å². The van der Waals surface area contributed by atoms with E-state index in [0.717, 1.165) is 36.6 Å². The van der Waals surface area contributed by atoms with E-state index in [1.807, 2.05) is 40.8 Å². The van der Waals surface area contributed by atoms with E-state index in [2.05, 4.69) is 17.1 Å². The Hall–Kier alpha value is -3.51. The van der Waals surface area contributed by atoms with Gasteiger partial charge in [-0.25, -0.2) is 4.39 Å². The number of para-hydroxylation sites is 1. The van der Waals surface area contributed by atoms with Gasteiger partial charge in [0.15, 0.2) is 0 Å². The van der Waals surface area contributed by atoms with E-state index in [-0.39, 0.29) is 58.7 Å². The second-order valence-corrected chi connectivity index (χ2v) is 14.6. The normalized spacial score (nSPS) is 25.7. The number of methoxy groups -OCH3 is 1. The summed E-state index contributed by atoms with van der Waals surface area (Å²) in [5.74, 6) is -2.34. The minimum atomic E-state index is -0.756. The summed E-state index contributed by atoms with van der Waals surface area (Å²) in [6.45, 7) is 3.66. The predicted molar refractivity (Wildman–Crippen MR) is 190 cm³/mol. The number of benzene rings is 2. The van der Waals surface area contributed by atoms with Gasteiger partial charge < -0.3 is 29.4 Å². The second-order valence-electron chi connectivity index (χ2n) is 14.2. The fraction of sp³-hybridized carbons (Fsp3) is 0.553. The van der Waals surface area contributed by atoms with Crippen molar-refractivity contribution in [1.82, 2.24) is 14.4 Å². The summed E-state index contributed by atoms with van der Waals surface area (Å²) < 4.78 is 29.4. The number of carboxylic acids is 1. The monoisotopic (exact) mass is 710 g/mol. The van der Waals surface area contributed by atoms with Crippen molar-refractivity contribution in [3.05, 3.63) is 64.6 Å². The lowest BCUT2D eigenvalue weighted by Crippen LogP contribution is -2.47. The topological polar surface area (TPSA) is 113 Å². The average molecular weight is 711 g/mol. The highest BCUT2D eigenvalue weighted by Gasteiger charge is 2.45. The SMILES string of the molecule is CC[C@H]1CC[C@@H](COC)N1[C@H]1C[C@@H](CO[C@H]2CC[C@H](C(=O)O)CC2)N(C(=O)Cc2cc(Cl)c(NC(=O)c3cn(C)c4ccccc34)cc2F)C1. The summed E-state index contributed by atoms with van der Waals surface area (Å²) in [6, 6.07) is 10.7. The first-order valence-corrected chi connectivity index (χ1v) is 18.2. The third-order valence-corrected chi connectivity index (χ3v) is 11.4. The van der Waals surface area contributed by atoms with E-state index in [9.17, 15) is 19.5 Å². The summed E-state index contributed by atoms with van der Waals surface area (Å²) in [4.78, 5) is 43.1. The molecule has 2 aromatic carbocycles. The molecule has 6 rings (SSSR count). The van der Waals surface area contributed by atoms with Gasteiger partial charge in [0, 0.05) is 55.9 Å². The molecule has 2 N–H and O–H groups in total. The lowest BCUT2D eigenvalue weighted by Gasteiger charge is -2.35. The summed E-state index contributed by atoms with van der Waals surface area (Å²) >= 11 is 6.59. The first-order chi connectivity index (χ1) is 24.1. The summed E-state index contributed by atoms with van der Waals surface area (Å²) in [5, 5.41) is 13.1. The van der Waals surface area contributed by atoms with Crippen LogP contribution in [0, 0.1) is 11.7 Å². The Kier molecular flexibility index (Phi) is 11.5. The molecular formula is C38H48ClFN4O6. The van der Waals surface area contributed by atoms with Crippen LogP contribution in [-0.4, -0.2) is 94.4 Å². The van der Waals surface area contributed by atoms with Crippen LogP contribution in [0.2, 0.25) is 5.02 Å². The van der Waals surface area contributed by atoms with E-state index in [0.29, 0.717) is 57.0 Å². The molecular weight excluding hydrogens is 663 g/mol. The number of aryl methyl sites for hydroxylation is 1. The maximum atomic E-state index is 15.6. The van der Waals surface area contributed by atoms with Crippen LogP contribution in [0.3, 0.4) is 0 Å². The molecule has 0 spiro atoms. The Morgan fingerprint density at radius 2 is 1.76 bits per heavy atom. The Morgan fingerprint density at radius 1 is 1.02 bits per heavy atom. The molecule has 0 unspecified atom stereocenters. The molecule has 3 fully saturated rings. The zero-order valence-electron chi connectivity index (χ0n) is 29.1. The van der Waals surface area contributed by atoms with Gasteiger partial charge >= 0.3 is 5.97 Å². The van der Waals surface area contributed by atoms with E-state index in [4.69, 9.17) is 21.1 Å². The number of anilines is 1. The Labute approximate surface area is 297 Å². The number of rotatable bonds is 12. The number of aliphatic carboxylic acids is 1. The third-order valence-electron chi connectivity index (χ3n) is 11.1. The van der Waals surface area contributed by atoms with Gasteiger partial charge in [0.1, 0.15) is 5.82 Å². The molecule has 0 bridgehead atoms. The number of hydrogen-bond acceptors (Lipinski definition) is 6. The number of halogens is 2. The first-order valence-electron chi connectivity index (χ1n) is 17.8. The molecule has 1 saturated carbocycles. The van der Waals surface area contributed by atoms with Gasteiger partial charge in [-0.15, -0.1) is 0 Å². The number of amides is 2. The lowest BCUT2D eigenvalue weighted by molar-refractivity contribution is -0.144. The number of ether oxygens (including phenoxy) is 2. The number of carbonyl (C=O) groups excluding carboxylic acids is 2. The van der Waals surface area contributed by atoms with Gasteiger partial charge in [0.2, 0.25) is 5.91 Å². The Balaban J connectivity index is 1.17. The van der Waals surface area contributed by atoms with Gasteiger partial charge in [-0.3, -0.25) is 19.3 Å². The highest BCUT2D eigenvalue weighted by atomic mass is 35.5. The molecule has 50 heavy (non-hydrogen) atoms. The second kappa shape index (κ2) is 15.8. The minimum Gasteiger partial charge on any atom is -0.481 e. The number of likely N-dealkylation sites (tertiary alicyclic amines) is 2. The van der Waals surface area contributed by atoms with Gasteiger partial charge in [0.05, 0.1) is 54.0 Å². The molecule has 2 amide bonds. The summed E-state index contributed by atoms with van der Waals surface area (Å²) in [7, 11) is 3.58. The maximum absolute atomic E-state index is 15.6. The van der Waals surface area contributed by atoms with Crippen molar-refractivity contribution in [1.29, 1.82) is 0 Å². The number of nitrogens with zero attached hydrogens (tertiary/aromatic N) is 3. The molecule has 4 atom stereocenters. The smallest absolute Gasteiger partial charge is 0.306 e. The number of carboxylic acid groups (broad SMARTS) is 1. The molecule has 3 aliphatic rings. The number of fused-ring (bicyclic) bond motifs is 1. The fourth-order valence-electron chi connectivity index (χ4n) is 8.45. The molecule has 1 aliphatic carbocycles. The number of aromatic nitrogens is 1. The van der Waals surface area contributed by atoms with Crippen LogP contribution in [0.1, 0.15) is 74.2 Å². The van der Waals surface area contributed by atoms with Gasteiger partial charge in [-0.1, -0.05) is 36.7 Å². The first kappa shape index (κ1) is 36.3. The average Bonchev–Trinajstić information content (AvgIpc) is 3.81. The van der Waals surface area contributed by atoms with Crippen molar-refractivity contribution in [3.63, 3.8) is 0 Å². The van der Waals surface area contributed by atoms with Crippen molar-refractivity contribution >= 4 is 46.0 Å². The number of nitrogens with one attached hydrogen (secondary N) is 1. The van der Waals surface area contributed by atoms with Crippen molar-refractivity contribution in [2.24, 2.45) is 13.0 Å². The summed E-state index contributed by atoms with van der Waals surface area (Å²) in [5.41, 5.74) is 1.63. The molecule has 1 aromatic heterocycles. The molecule has 270 valence electrons. The van der Waals surface area contributed by atoms with Crippen molar-refractivity contribution < 1.29 is 33.4 Å². The molecule has 0 radical (unpaired) electrons. The van der Waals surface area contributed by atoms with Crippen LogP contribution in [-0.2, 0) is 32.5 Å². The molecule has 10 nitrogen and oxygen atoms in total. The van der Waals surface area contributed by atoms with E-state index in [1.54, 1.807) is 13.3 Å². The van der Waals surface area contributed by atoms with E-state index in [1.165, 1.54) is 12.1 Å². The van der Waals surface area contributed by atoms with Crippen LogP contribution in [0.5, 0.6) is 0 Å². The van der Waals surface area contributed by atoms with Crippen LogP contribution in [0.25, 0.3) is 10.9 Å². The van der Waals surface area contributed by atoms with E-state index < -0.39 is 17.7 Å². The maximum Gasteiger partial charge on any atom is 0.306 e. The molecule has 12 heteroatoms. The fourth-order valence-corrected chi connectivity index (χ4v) is 8.68. The highest BCUT2D eigenvalue weighted by Crippen LogP contribution is 2.36. The Bertz CT molecular complexity index is 1710. The van der Waals surface area contributed by atoms with Gasteiger partial charge in [-0.05, 0) is 75.1 Å². The zero-order valence-corrected chi connectivity index (χ0v) is 29.8. The number of carbonyl (C=O) groups is 3. The quantitative estimate of drug-likeness (QED) is 0.227. The largest absolute Gasteiger partial charge is 0.481 e. The van der Waals surface area contributed by atoms with Crippen molar-refractivity contribution in [3.8, 4) is 0 Å². The minimum absolute atomic E-state index is 0.0501. The molecule has 3 aromatic rings. The van der Waals surface area contributed by atoms with Gasteiger partial charge in [-0.2, -0.15) is 0 Å². The molecule has 2 aliphatic heterocycles. The highest BCUT2D eigenvalue weighted by molar-refractivity contribution is 6.34. The summed E-state index contributed by atoms with van der Waals surface area (Å²) in [6.07, 6.45) is 7.86. The standard InChI is InChI=1S/C38H48ClFN4O6/c1-4-25-11-12-26(21-49-3)44(25)27-17-28(22-50-29-13-9-23(10-14-29)38(47)48)43(19-27)36(45)16-24-15-32(39)34(18-33(24)40)41-37(46)31-20-42(2)35-8-6-5-7-30(31)35/h5-8,15,18,20,23,25-29H,4,9-14,16-17,19,21-22H2,1-3H3,(H,41,46)(H,47,48)/t23-,25-,26-,27-,28-,29-/m0/s1. The van der Waals surface area contributed by atoms with Crippen LogP contribution in [0.15, 0.2) is 42.6 Å². The van der Waals surface area contributed by atoms with Gasteiger partial charge in [0.25, 0.3) is 5.91 Å². The Morgan fingerprint density at radius 3 is 2.48 bits per heavy atom.